The zero-order chi connectivity index (χ0) is 19.3. The summed E-state index contributed by atoms with van der Waals surface area (Å²) < 4.78 is 7.38. The minimum atomic E-state index is -0.299. The summed E-state index contributed by atoms with van der Waals surface area (Å²) in [7, 11) is 1.63. The normalized spacial score (nSPS) is 12.5. The Hall–Kier alpha value is -2.28. The Morgan fingerprint density at radius 1 is 1.38 bits per heavy atom. The number of para-hydroxylation sites is 1. The zero-order valence-corrected chi connectivity index (χ0v) is 16.8. The maximum atomic E-state index is 12.4. The molecular formula is C19H26N4O2S. The molecule has 0 unspecified atom stereocenters. The van der Waals surface area contributed by atoms with Crippen molar-refractivity contribution in [1.29, 1.82) is 0 Å². The number of allylic oxidation sites excluding steroid dienone is 1. The standard InChI is InChI=1S/C19H26N4O2S/c1-7-12-23-16(14-10-8-9-11-15(14)25-6)21-22-18(23)26-13(2)17(24)20-19(3,4)5/h7-11,13H,1,12H2,2-6H3,(H,20,24)/t13-/m1/s1. The molecule has 1 atom stereocenters. The monoisotopic (exact) mass is 374 g/mol. The van der Waals surface area contributed by atoms with E-state index in [0.29, 0.717) is 17.5 Å². The first-order valence-electron chi connectivity index (χ1n) is 8.43. The van der Waals surface area contributed by atoms with Crippen LogP contribution < -0.4 is 10.1 Å². The first-order chi connectivity index (χ1) is 12.3. The third-order valence-corrected chi connectivity index (χ3v) is 4.61. The molecule has 0 saturated heterocycles. The molecule has 0 spiro atoms. The number of aromatic nitrogens is 3. The van der Waals surface area contributed by atoms with Crippen LogP contribution >= 0.6 is 11.8 Å². The molecule has 0 aliphatic heterocycles. The van der Waals surface area contributed by atoms with Crippen LogP contribution in [0.1, 0.15) is 27.7 Å². The number of ether oxygens (including phenoxy) is 1. The molecule has 1 heterocycles. The number of hydrogen-bond donors (Lipinski definition) is 1. The van der Waals surface area contributed by atoms with Gasteiger partial charge in [-0.3, -0.25) is 9.36 Å². The van der Waals surface area contributed by atoms with Gasteiger partial charge in [0, 0.05) is 12.1 Å². The smallest absolute Gasteiger partial charge is 0.233 e. The summed E-state index contributed by atoms with van der Waals surface area (Å²) in [5.41, 5.74) is 0.575. The van der Waals surface area contributed by atoms with Gasteiger partial charge in [0.05, 0.1) is 17.9 Å². The lowest BCUT2D eigenvalue weighted by atomic mass is 10.1. The van der Waals surface area contributed by atoms with Gasteiger partial charge in [0.15, 0.2) is 11.0 Å². The van der Waals surface area contributed by atoms with Gasteiger partial charge < -0.3 is 10.1 Å². The quantitative estimate of drug-likeness (QED) is 0.593. The lowest BCUT2D eigenvalue weighted by Crippen LogP contribution is -2.44. The van der Waals surface area contributed by atoms with E-state index >= 15 is 0 Å². The minimum Gasteiger partial charge on any atom is -0.496 e. The van der Waals surface area contributed by atoms with E-state index in [1.54, 1.807) is 13.2 Å². The number of amides is 1. The summed E-state index contributed by atoms with van der Waals surface area (Å²) >= 11 is 1.38. The van der Waals surface area contributed by atoms with Gasteiger partial charge in [-0.05, 0) is 39.8 Å². The summed E-state index contributed by atoms with van der Waals surface area (Å²) in [6.07, 6.45) is 1.78. The zero-order valence-electron chi connectivity index (χ0n) is 15.9. The summed E-state index contributed by atoms with van der Waals surface area (Å²) in [5, 5.41) is 12.0. The first kappa shape index (κ1) is 20.0. The molecule has 1 aromatic carbocycles. The van der Waals surface area contributed by atoms with E-state index in [-0.39, 0.29) is 16.7 Å². The third-order valence-electron chi connectivity index (χ3n) is 3.53. The van der Waals surface area contributed by atoms with Crippen LogP contribution in [0.3, 0.4) is 0 Å². The number of benzene rings is 1. The van der Waals surface area contributed by atoms with Gasteiger partial charge >= 0.3 is 0 Å². The van der Waals surface area contributed by atoms with Crippen LogP contribution in [0.5, 0.6) is 5.75 Å². The Morgan fingerprint density at radius 2 is 2.08 bits per heavy atom. The fourth-order valence-electron chi connectivity index (χ4n) is 2.38. The minimum absolute atomic E-state index is 0.0329. The van der Waals surface area contributed by atoms with E-state index in [1.165, 1.54) is 11.8 Å². The van der Waals surface area contributed by atoms with Crippen LogP contribution in [-0.4, -0.2) is 38.6 Å². The Bertz CT molecular complexity index is 780. The largest absolute Gasteiger partial charge is 0.496 e. The van der Waals surface area contributed by atoms with Crippen molar-refractivity contribution in [3.8, 4) is 17.1 Å². The van der Waals surface area contributed by atoms with Gasteiger partial charge in [0.25, 0.3) is 0 Å². The van der Waals surface area contributed by atoms with E-state index in [0.717, 1.165) is 11.3 Å². The van der Waals surface area contributed by atoms with Gasteiger partial charge in [0.1, 0.15) is 5.75 Å². The fraction of sp³-hybridized carbons (Fsp3) is 0.421. The Balaban J connectivity index is 2.32. The molecule has 140 valence electrons. The number of nitrogens with one attached hydrogen (secondary N) is 1. The van der Waals surface area contributed by atoms with Gasteiger partial charge in [-0.15, -0.1) is 16.8 Å². The first-order valence-corrected chi connectivity index (χ1v) is 9.31. The van der Waals surface area contributed by atoms with E-state index in [4.69, 9.17) is 4.74 Å². The summed E-state index contributed by atoms with van der Waals surface area (Å²) in [4.78, 5) is 12.4. The van der Waals surface area contributed by atoms with Crippen molar-refractivity contribution >= 4 is 17.7 Å². The highest BCUT2D eigenvalue weighted by atomic mass is 32.2. The van der Waals surface area contributed by atoms with Crippen LogP contribution in [0.4, 0.5) is 0 Å². The maximum absolute atomic E-state index is 12.4. The molecule has 1 N–H and O–H groups in total. The molecule has 0 fully saturated rings. The predicted molar refractivity (Wildman–Crippen MR) is 105 cm³/mol. The second-order valence-electron chi connectivity index (χ2n) is 6.91. The van der Waals surface area contributed by atoms with Crippen molar-refractivity contribution in [3.63, 3.8) is 0 Å². The highest BCUT2D eigenvalue weighted by molar-refractivity contribution is 8.00. The van der Waals surface area contributed by atoms with Crippen LogP contribution in [-0.2, 0) is 11.3 Å². The Kier molecular flexibility index (Phi) is 6.47. The van der Waals surface area contributed by atoms with Crippen molar-refractivity contribution in [2.45, 2.75) is 50.2 Å². The van der Waals surface area contributed by atoms with Crippen molar-refractivity contribution in [2.24, 2.45) is 0 Å². The molecule has 0 aliphatic rings. The van der Waals surface area contributed by atoms with Gasteiger partial charge in [-0.1, -0.05) is 30.0 Å². The maximum Gasteiger partial charge on any atom is 0.233 e. The molecule has 0 radical (unpaired) electrons. The van der Waals surface area contributed by atoms with Crippen LogP contribution in [0, 0.1) is 0 Å². The number of carbonyl (C=O) groups excluding carboxylic acids is 1. The molecule has 1 amide bonds. The summed E-state index contributed by atoms with van der Waals surface area (Å²) in [6.45, 7) is 12.1. The molecule has 0 saturated carbocycles. The molecule has 7 heteroatoms. The second kappa shape index (κ2) is 8.40. The topological polar surface area (TPSA) is 69.0 Å². The van der Waals surface area contributed by atoms with Crippen LogP contribution in [0.2, 0.25) is 0 Å². The highest BCUT2D eigenvalue weighted by Crippen LogP contribution is 2.32. The van der Waals surface area contributed by atoms with Crippen molar-refractivity contribution in [2.75, 3.05) is 7.11 Å². The lowest BCUT2D eigenvalue weighted by Gasteiger charge is -2.22. The molecule has 1 aromatic heterocycles. The molecule has 0 bridgehead atoms. The summed E-state index contributed by atoms with van der Waals surface area (Å²) in [6, 6.07) is 7.66. The third kappa shape index (κ3) is 4.88. The van der Waals surface area contributed by atoms with Crippen molar-refractivity contribution in [3.05, 3.63) is 36.9 Å². The van der Waals surface area contributed by atoms with Gasteiger partial charge in [-0.2, -0.15) is 0 Å². The molecular weight excluding hydrogens is 348 g/mol. The fourth-order valence-corrected chi connectivity index (χ4v) is 3.24. The average Bonchev–Trinajstić information content (AvgIpc) is 2.96. The Morgan fingerprint density at radius 3 is 2.69 bits per heavy atom. The predicted octanol–water partition coefficient (Wildman–Crippen LogP) is 3.54. The molecule has 2 aromatic rings. The number of thioether (sulfide) groups is 1. The van der Waals surface area contributed by atoms with Crippen LogP contribution in [0.25, 0.3) is 11.4 Å². The second-order valence-corrected chi connectivity index (χ2v) is 8.21. The highest BCUT2D eigenvalue weighted by Gasteiger charge is 2.24. The van der Waals surface area contributed by atoms with E-state index in [9.17, 15) is 4.79 Å². The number of rotatable bonds is 7. The molecule has 0 aliphatic carbocycles. The van der Waals surface area contributed by atoms with Crippen molar-refractivity contribution < 1.29 is 9.53 Å². The summed E-state index contributed by atoms with van der Waals surface area (Å²) in [5.74, 6) is 1.38. The van der Waals surface area contributed by atoms with Gasteiger partial charge in [-0.25, -0.2) is 0 Å². The number of carbonyl (C=O) groups is 1. The van der Waals surface area contributed by atoms with E-state index in [1.807, 2.05) is 56.5 Å². The number of hydrogen-bond acceptors (Lipinski definition) is 5. The van der Waals surface area contributed by atoms with E-state index in [2.05, 4.69) is 22.1 Å². The van der Waals surface area contributed by atoms with E-state index < -0.39 is 0 Å². The Labute approximate surface area is 159 Å². The molecule has 6 nitrogen and oxygen atoms in total. The van der Waals surface area contributed by atoms with Gasteiger partial charge in [0.2, 0.25) is 5.91 Å². The lowest BCUT2D eigenvalue weighted by molar-refractivity contribution is -0.121. The molecule has 26 heavy (non-hydrogen) atoms. The number of nitrogens with zero attached hydrogens (tertiary/aromatic N) is 3. The SMILES string of the molecule is C=CCn1c(S[C@H](C)C(=O)NC(C)(C)C)nnc1-c1ccccc1OC. The van der Waals surface area contributed by atoms with Crippen molar-refractivity contribution in [1.82, 2.24) is 20.1 Å². The average molecular weight is 375 g/mol. The molecule has 2 rings (SSSR count). The van der Waals surface area contributed by atoms with Crippen LogP contribution in [0.15, 0.2) is 42.1 Å². The number of methoxy groups -OCH3 is 1.